The van der Waals surface area contributed by atoms with Gasteiger partial charge in [-0.3, -0.25) is 9.78 Å². The summed E-state index contributed by atoms with van der Waals surface area (Å²) in [6.45, 7) is 2.00. The van der Waals surface area contributed by atoms with Gasteiger partial charge in [-0.2, -0.15) is 0 Å². The Balaban J connectivity index is 2.06. The largest absolute Gasteiger partial charge is 0.333 e. The third kappa shape index (κ3) is 2.93. The smallest absolute Gasteiger partial charge is 0.254 e. The van der Waals surface area contributed by atoms with Crippen molar-refractivity contribution in [1.82, 2.24) is 10.3 Å². The molecule has 2 aromatic rings. The maximum absolute atomic E-state index is 11.9. The lowest BCUT2D eigenvalue weighted by Crippen LogP contribution is -2.34. The Labute approximate surface area is 106 Å². The van der Waals surface area contributed by atoms with Gasteiger partial charge in [0.15, 0.2) is 0 Å². The first-order valence-corrected chi connectivity index (χ1v) is 5.70. The monoisotopic (exact) mass is 241 g/mol. The lowest BCUT2D eigenvalue weighted by atomic mass is 10.1. The number of benzene rings is 1. The molecule has 1 atom stereocenters. The molecule has 3 N–H and O–H groups in total. The van der Waals surface area contributed by atoms with E-state index in [1.165, 1.54) is 6.20 Å². The van der Waals surface area contributed by atoms with Crippen LogP contribution in [-0.4, -0.2) is 10.9 Å². The highest BCUT2D eigenvalue weighted by molar-refractivity contribution is 5.94. The first-order chi connectivity index (χ1) is 8.66. The fraction of sp³-hybridized carbons (Fsp3) is 0.143. The normalized spacial score (nSPS) is 11.9. The van der Waals surface area contributed by atoms with Crippen molar-refractivity contribution in [3.63, 3.8) is 0 Å². The van der Waals surface area contributed by atoms with Crippen LogP contribution in [0, 0.1) is 6.92 Å². The SMILES string of the molecule is Cc1ccc(C(N)NC(=O)c2cccnc2)cc1. The Bertz CT molecular complexity index is 522. The van der Waals surface area contributed by atoms with Gasteiger partial charge < -0.3 is 11.1 Å². The van der Waals surface area contributed by atoms with E-state index in [2.05, 4.69) is 10.3 Å². The highest BCUT2D eigenvalue weighted by atomic mass is 16.1. The molecule has 0 aliphatic heterocycles. The summed E-state index contributed by atoms with van der Waals surface area (Å²) < 4.78 is 0. The summed E-state index contributed by atoms with van der Waals surface area (Å²) >= 11 is 0. The number of nitrogens with two attached hydrogens (primary N) is 1. The zero-order valence-electron chi connectivity index (χ0n) is 10.1. The second-order valence-corrected chi connectivity index (χ2v) is 4.10. The number of aryl methyl sites for hydroxylation is 1. The van der Waals surface area contributed by atoms with E-state index in [-0.39, 0.29) is 5.91 Å². The highest BCUT2D eigenvalue weighted by Crippen LogP contribution is 2.09. The maximum Gasteiger partial charge on any atom is 0.254 e. The summed E-state index contributed by atoms with van der Waals surface area (Å²) in [7, 11) is 0. The van der Waals surface area contributed by atoms with Gasteiger partial charge in [0, 0.05) is 12.4 Å². The minimum atomic E-state index is -0.515. The third-order valence-electron chi connectivity index (χ3n) is 2.65. The molecule has 4 nitrogen and oxygen atoms in total. The summed E-state index contributed by atoms with van der Waals surface area (Å²) in [5, 5.41) is 2.73. The van der Waals surface area contributed by atoms with E-state index in [4.69, 9.17) is 5.73 Å². The van der Waals surface area contributed by atoms with Crippen LogP contribution in [0.15, 0.2) is 48.8 Å². The van der Waals surface area contributed by atoms with E-state index in [1.54, 1.807) is 18.3 Å². The van der Waals surface area contributed by atoms with Gasteiger partial charge in [0.1, 0.15) is 6.17 Å². The van der Waals surface area contributed by atoms with E-state index in [9.17, 15) is 4.79 Å². The number of nitrogens with one attached hydrogen (secondary N) is 1. The molecular formula is C14H15N3O. The van der Waals surface area contributed by atoms with Crippen molar-refractivity contribution in [2.24, 2.45) is 5.73 Å². The maximum atomic E-state index is 11.9. The fourth-order valence-corrected chi connectivity index (χ4v) is 1.58. The fourth-order valence-electron chi connectivity index (χ4n) is 1.58. The quantitative estimate of drug-likeness (QED) is 0.805. The molecule has 1 heterocycles. The topological polar surface area (TPSA) is 68.0 Å². The first kappa shape index (κ1) is 12.3. The molecule has 0 aliphatic rings. The van der Waals surface area contributed by atoms with Crippen LogP contribution >= 0.6 is 0 Å². The molecule has 0 radical (unpaired) electrons. The average molecular weight is 241 g/mol. The second kappa shape index (κ2) is 5.42. The zero-order valence-corrected chi connectivity index (χ0v) is 10.1. The first-order valence-electron chi connectivity index (χ1n) is 5.70. The molecule has 18 heavy (non-hydrogen) atoms. The number of hydrogen-bond donors (Lipinski definition) is 2. The van der Waals surface area contributed by atoms with Crippen molar-refractivity contribution in [3.05, 3.63) is 65.5 Å². The Hall–Kier alpha value is -2.20. The van der Waals surface area contributed by atoms with Gasteiger partial charge in [0.25, 0.3) is 5.91 Å². The van der Waals surface area contributed by atoms with Crippen LogP contribution in [0.4, 0.5) is 0 Å². The number of carbonyl (C=O) groups is 1. The van der Waals surface area contributed by atoms with Gasteiger partial charge in [0.2, 0.25) is 0 Å². The molecule has 92 valence electrons. The number of rotatable bonds is 3. The molecule has 0 saturated carbocycles. The van der Waals surface area contributed by atoms with Crippen LogP contribution in [-0.2, 0) is 0 Å². The van der Waals surface area contributed by atoms with Gasteiger partial charge in [-0.05, 0) is 24.6 Å². The Kier molecular flexibility index (Phi) is 3.69. The van der Waals surface area contributed by atoms with Crippen molar-refractivity contribution in [2.45, 2.75) is 13.1 Å². The minimum absolute atomic E-state index is 0.226. The van der Waals surface area contributed by atoms with Crippen LogP contribution in [0.5, 0.6) is 0 Å². The molecule has 1 aromatic carbocycles. The summed E-state index contributed by atoms with van der Waals surface area (Å²) in [6.07, 6.45) is 2.62. The molecule has 0 aliphatic carbocycles. The van der Waals surface area contributed by atoms with Gasteiger partial charge in [-0.1, -0.05) is 29.8 Å². The van der Waals surface area contributed by atoms with Crippen LogP contribution < -0.4 is 11.1 Å². The zero-order chi connectivity index (χ0) is 13.0. The molecule has 4 heteroatoms. The number of aromatic nitrogens is 1. The van der Waals surface area contributed by atoms with Gasteiger partial charge in [0.05, 0.1) is 5.56 Å². The third-order valence-corrected chi connectivity index (χ3v) is 2.65. The van der Waals surface area contributed by atoms with Crippen LogP contribution in [0.2, 0.25) is 0 Å². The van der Waals surface area contributed by atoms with Crippen LogP contribution in [0.25, 0.3) is 0 Å². The van der Waals surface area contributed by atoms with Crippen molar-refractivity contribution < 1.29 is 4.79 Å². The molecule has 1 amide bonds. The van der Waals surface area contributed by atoms with Crippen molar-refractivity contribution in [1.29, 1.82) is 0 Å². The highest BCUT2D eigenvalue weighted by Gasteiger charge is 2.11. The molecule has 1 unspecified atom stereocenters. The van der Waals surface area contributed by atoms with Gasteiger partial charge >= 0.3 is 0 Å². The predicted molar refractivity (Wildman–Crippen MR) is 69.8 cm³/mol. The summed E-state index contributed by atoms with van der Waals surface area (Å²) in [4.78, 5) is 15.8. The summed E-state index contributed by atoms with van der Waals surface area (Å²) in [5.41, 5.74) is 8.46. The molecule has 1 aromatic heterocycles. The lowest BCUT2D eigenvalue weighted by Gasteiger charge is -2.14. The lowest BCUT2D eigenvalue weighted by molar-refractivity contribution is 0.0937. The molecule has 2 rings (SSSR count). The van der Waals surface area contributed by atoms with Crippen molar-refractivity contribution in [3.8, 4) is 0 Å². The molecule has 0 bridgehead atoms. The molecular weight excluding hydrogens is 226 g/mol. The Morgan fingerprint density at radius 1 is 1.28 bits per heavy atom. The van der Waals surface area contributed by atoms with E-state index in [0.29, 0.717) is 5.56 Å². The number of amides is 1. The second-order valence-electron chi connectivity index (χ2n) is 4.10. The summed E-state index contributed by atoms with van der Waals surface area (Å²) in [6, 6.07) is 11.2. The van der Waals surface area contributed by atoms with E-state index in [1.807, 2.05) is 31.2 Å². The van der Waals surface area contributed by atoms with Crippen molar-refractivity contribution >= 4 is 5.91 Å². The molecule has 0 fully saturated rings. The van der Waals surface area contributed by atoms with Gasteiger partial charge in [-0.25, -0.2) is 0 Å². The van der Waals surface area contributed by atoms with Crippen LogP contribution in [0.3, 0.4) is 0 Å². The number of nitrogens with zero attached hydrogens (tertiary/aromatic N) is 1. The Morgan fingerprint density at radius 3 is 2.61 bits per heavy atom. The average Bonchev–Trinajstić information content (AvgIpc) is 2.40. The predicted octanol–water partition coefficient (Wildman–Crippen LogP) is 1.78. The Morgan fingerprint density at radius 2 is 2.00 bits per heavy atom. The summed E-state index contributed by atoms with van der Waals surface area (Å²) in [5.74, 6) is -0.226. The van der Waals surface area contributed by atoms with E-state index >= 15 is 0 Å². The van der Waals surface area contributed by atoms with E-state index < -0.39 is 6.17 Å². The standard InChI is InChI=1S/C14H15N3O/c1-10-4-6-11(7-5-10)13(15)17-14(18)12-3-2-8-16-9-12/h2-9,13H,15H2,1H3,(H,17,18). The number of hydrogen-bond acceptors (Lipinski definition) is 3. The van der Waals surface area contributed by atoms with Gasteiger partial charge in [-0.15, -0.1) is 0 Å². The minimum Gasteiger partial charge on any atom is -0.333 e. The molecule has 0 spiro atoms. The van der Waals surface area contributed by atoms with Crippen molar-refractivity contribution in [2.75, 3.05) is 0 Å². The number of carbonyl (C=O) groups excluding carboxylic acids is 1. The molecule has 0 saturated heterocycles. The van der Waals surface area contributed by atoms with E-state index in [0.717, 1.165) is 11.1 Å². The number of pyridine rings is 1. The van der Waals surface area contributed by atoms with Crippen LogP contribution in [0.1, 0.15) is 27.7 Å².